The van der Waals surface area contributed by atoms with Crippen molar-refractivity contribution in [1.29, 1.82) is 0 Å². The molecular formula is C12H17Cl2NO2. The maximum atomic E-state index is 5.95. The van der Waals surface area contributed by atoms with E-state index in [4.69, 9.17) is 32.7 Å². The molecule has 1 aromatic rings. The van der Waals surface area contributed by atoms with E-state index in [2.05, 4.69) is 11.9 Å². The Kier molecular flexibility index (Phi) is 7.53. The van der Waals surface area contributed by atoms with Crippen molar-refractivity contribution in [3.8, 4) is 0 Å². The monoisotopic (exact) mass is 277 g/mol. The normalized spacial score (nSPS) is 10.8. The lowest BCUT2D eigenvalue weighted by molar-refractivity contribution is 0.0386. The molecule has 0 aliphatic carbocycles. The average molecular weight is 278 g/mol. The van der Waals surface area contributed by atoms with Gasteiger partial charge in [-0.05, 0) is 18.6 Å². The second-order valence-corrected chi connectivity index (χ2v) is 4.38. The Morgan fingerprint density at radius 2 is 1.88 bits per heavy atom. The summed E-state index contributed by atoms with van der Waals surface area (Å²) in [4.78, 5) is 4.09. The molecule has 1 rings (SSSR count). The summed E-state index contributed by atoms with van der Waals surface area (Å²) in [6.45, 7) is 4.41. The van der Waals surface area contributed by atoms with Gasteiger partial charge in [-0.15, -0.1) is 0 Å². The number of aromatic nitrogens is 1. The Labute approximate surface area is 112 Å². The molecule has 0 aromatic carbocycles. The zero-order valence-corrected chi connectivity index (χ0v) is 11.4. The minimum absolute atomic E-state index is 0.358. The average Bonchev–Trinajstić information content (AvgIpc) is 2.32. The molecule has 0 bridgehead atoms. The van der Waals surface area contributed by atoms with Gasteiger partial charge in [-0.2, -0.15) is 0 Å². The number of halogens is 2. The molecular weight excluding hydrogens is 261 g/mol. The van der Waals surface area contributed by atoms with Crippen LogP contribution in [0.4, 0.5) is 0 Å². The first-order valence-corrected chi connectivity index (χ1v) is 6.46. The summed E-state index contributed by atoms with van der Waals surface area (Å²) in [6.07, 6.45) is 2.23. The fraction of sp³-hybridized carbons (Fsp3) is 0.583. The highest BCUT2D eigenvalue weighted by molar-refractivity contribution is 6.32. The highest BCUT2D eigenvalue weighted by Crippen LogP contribution is 2.17. The lowest BCUT2D eigenvalue weighted by Crippen LogP contribution is -2.06. The van der Waals surface area contributed by atoms with E-state index in [1.54, 1.807) is 12.1 Å². The maximum Gasteiger partial charge on any atom is 0.129 e. The molecule has 0 unspecified atom stereocenters. The first-order valence-electron chi connectivity index (χ1n) is 5.70. The third-order valence-corrected chi connectivity index (χ3v) is 2.69. The highest BCUT2D eigenvalue weighted by atomic mass is 35.5. The predicted octanol–water partition coefficient (Wildman–Crippen LogP) is 3.72. The molecule has 17 heavy (non-hydrogen) atoms. The van der Waals surface area contributed by atoms with Crippen LogP contribution >= 0.6 is 23.2 Å². The number of ether oxygens (including phenoxy) is 2. The minimum atomic E-state index is 0.358. The van der Waals surface area contributed by atoms with Gasteiger partial charge in [0.05, 0.1) is 30.5 Å². The van der Waals surface area contributed by atoms with Crippen LogP contribution in [0.25, 0.3) is 0 Å². The molecule has 0 fully saturated rings. The summed E-state index contributed by atoms with van der Waals surface area (Å²) in [5.41, 5.74) is 0.660. The maximum absolute atomic E-state index is 5.95. The molecule has 1 aromatic heterocycles. The van der Waals surface area contributed by atoms with E-state index < -0.39 is 0 Å². The Hall–Kier alpha value is -0.350. The van der Waals surface area contributed by atoms with E-state index in [0.29, 0.717) is 35.7 Å². The third-order valence-electron chi connectivity index (χ3n) is 2.14. The number of unbranched alkanes of at least 4 members (excludes halogenated alkanes) is 1. The third kappa shape index (κ3) is 6.22. The molecule has 1 heterocycles. The van der Waals surface area contributed by atoms with Crippen LogP contribution in [0.15, 0.2) is 12.1 Å². The van der Waals surface area contributed by atoms with E-state index in [9.17, 15) is 0 Å². The van der Waals surface area contributed by atoms with Crippen LogP contribution < -0.4 is 0 Å². The zero-order valence-electron chi connectivity index (χ0n) is 9.92. The van der Waals surface area contributed by atoms with Crippen LogP contribution in [0.1, 0.15) is 25.5 Å². The summed E-state index contributed by atoms with van der Waals surface area (Å²) in [6, 6.07) is 3.37. The van der Waals surface area contributed by atoms with Crippen LogP contribution in [-0.4, -0.2) is 24.8 Å². The van der Waals surface area contributed by atoms with Crippen LogP contribution in [0.5, 0.6) is 0 Å². The highest BCUT2D eigenvalue weighted by Gasteiger charge is 2.03. The molecule has 0 aliphatic rings. The molecule has 96 valence electrons. The number of pyridine rings is 1. The lowest BCUT2D eigenvalue weighted by Gasteiger charge is -2.06. The van der Waals surface area contributed by atoms with Gasteiger partial charge in [-0.3, -0.25) is 0 Å². The van der Waals surface area contributed by atoms with Crippen molar-refractivity contribution in [2.24, 2.45) is 0 Å². The lowest BCUT2D eigenvalue weighted by atomic mass is 10.4. The van der Waals surface area contributed by atoms with E-state index in [-0.39, 0.29) is 0 Å². The van der Waals surface area contributed by atoms with Crippen molar-refractivity contribution < 1.29 is 9.47 Å². The van der Waals surface area contributed by atoms with Gasteiger partial charge in [-0.25, -0.2) is 4.98 Å². The second-order valence-electron chi connectivity index (χ2n) is 3.58. The smallest absolute Gasteiger partial charge is 0.129 e. The SMILES string of the molecule is CCCCOCCOCc1nc(Cl)ccc1Cl. The summed E-state index contributed by atoms with van der Waals surface area (Å²) in [5, 5.41) is 0.994. The molecule has 0 spiro atoms. The molecule has 0 saturated heterocycles. The molecule has 5 heteroatoms. The summed E-state index contributed by atoms with van der Waals surface area (Å²) in [5.74, 6) is 0. The number of hydrogen-bond acceptors (Lipinski definition) is 3. The van der Waals surface area contributed by atoms with Crippen molar-refractivity contribution >= 4 is 23.2 Å². The Balaban J connectivity index is 2.15. The van der Waals surface area contributed by atoms with Crippen LogP contribution in [0, 0.1) is 0 Å². The summed E-state index contributed by atoms with van der Waals surface area (Å²) >= 11 is 11.7. The van der Waals surface area contributed by atoms with Gasteiger partial charge in [-0.1, -0.05) is 36.5 Å². The molecule has 0 saturated carbocycles. The van der Waals surface area contributed by atoms with Crippen molar-refractivity contribution in [2.45, 2.75) is 26.4 Å². The summed E-state index contributed by atoms with van der Waals surface area (Å²) in [7, 11) is 0. The largest absolute Gasteiger partial charge is 0.379 e. The van der Waals surface area contributed by atoms with Gasteiger partial charge in [0.1, 0.15) is 5.15 Å². The molecule has 0 aliphatic heterocycles. The van der Waals surface area contributed by atoms with Crippen LogP contribution in [0.2, 0.25) is 10.2 Å². The predicted molar refractivity (Wildman–Crippen MR) is 69.6 cm³/mol. The van der Waals surface area contributed by atoms with Gasteiger partial charge in [0.15, 0.2) is 0 Å². The van der Waals surface area contributed by atoms with Crippen molar-refractivity contribution in [3.63, 3.8) is 0 Å². The van der Waals surface area contributed by atoms with E-state index in [1.807, 2.05) is 0 Å². The zero-order chi connectivity index (χ0) is 12.5. The fourth-order valence-electron chi connectivity index (χ4n) is 1.19. The number of nitrogens with zero attached hydrogens (tertiary/aromatic N) is 1. The van der Waals surface area contributed by atoms with Crippen molar-refractivity contribution in [2.75, 3.05) is 19.8 Å². The van der Waals surface area contributed by atoms with Gasteiger partial charge >= 0.3 is 0 Å². The molecule has 0 amide bonds. The molecule has 0 N–H and O–H groups in total. The standard InChI is InChI=1S/C12H17Cl2NO2/c1-2-3-6-16-7-8-17-9-11-10(13)4-5-12(14)15-11/h4-5H,2-3,6-9H2,1H3. The van der Waals surface area contributed by atoms with Gasteiger partial charge in [0, 0.05) is 6.61 Å². The Morgan fingerprint density at radius 3 is 2.65 bits per heavy atom. The fourth-order valence-corrected chi connectivity index (χ4v) is 1.52. The molecule has 0 radical (unpaired) electrons. The van der Waals surface area contributed by atoms with E-state index >= 15 is 0 Å². The Bertz CT molecular complexity index is 334. The van der Waals surface area contributed by atoms with Crippen LogP contribution in [0.3, 0.4) is 0 Å². The first-order chi connectivity index (χ1) is 8.24. The van der Waals surface area contributed by atoms with Gasteiger partial charge in [0.25, 0.3) is 0 Å². The second kappa shape index (κ2) is 8.70. The van der Waals surface area contributed by atoms with E-state index in [0.717, 1.165) is 19.4 Å². The minimum Gasteiger partial charge on any atom is -0.379 e. The van der Waals surface area contributed by atoms with Crippen molar-refractivity contribution in [1.82, 2.24) is 4.98 Å². The summed E-state index contributed by atoms with van der Waals surface area (Å²) < 4.78 is 10.8. The van der Waals surface area contributed by atoms with Crippen molar-refractivity contribution in [3.05, 3.63) is 28.0 Å². The molecule has 0 atom stereocenters. The number of rotatable bonds is 8. The number of hydrogen-bond donors (Lipinski definition) is 0. The quantitative estimate of drug-likeness (QED) is 0.536. The van der Waals surface area contributed by atoms with E-state index in [1.165, 1.54) is 0 Å². The first kappa shape index (κ1) is 14.7. The van der Waals surface area contributed by atoms with Gasteiger partial charge < -0.3 is 9.47 Å². The van der Waals surface area contributed by atoms with Gasteiger partial charge in [0.2, 0.25) is 0 Å². The Morgan fingerprint density at radius 1 is 1.12 bits per heavy atom. The topological polar surface area (TPSA) is 31.4 Å². The molecule has 3 nitrogen and oxygen atoms in total. The van der Waals surface area contributed by atoms with Crippen LogP contribution in [-0.2, 0) is 16.1 Å².